The lowest BCUT2D eigenvalue weighted by molar-refractivity contribution is 0.0593. The fourth-order valence-electron chi connectivity index (χ4n) is 4.05. The quantitative estimate of drug-likeness (QED) is 0.731. The van der Waals surface area contributed by atoms with Crippen molar-refractivity contribution in [1.82, 2.24) is 14.8 Å². The highest BCUT2D eigenvalue weighted by Crippen LogP contribution is 2.26. The van der Waals surface area contributed by atoms with Crippen LogP contribution in [0.2, 0.25) is 0 Å². The van der Waals surface area contributed by atoms with Crippen molar-refractivity contribution in [1.29, 1.82) is 5.26 Å². The highest BCUT2D eigenvalue weighted by atomic mass is 16.5. The number of hydrogen-bond donors (Lipinski definition) is 0. The monoisotopic (exact) mass is 403 g/mol. The van der Waals surface area contributed by atoms with Gasteiger partial charge in [-0.15, -0.1) is 0 Å². The molecule has 0 bridgehead atoms. The van der Waals surface area contributed by atoms with E-state index >= 15 is 0 Å². The molecule has 0 radical (unpaired) electrons. The number of piperazine rings is 1. The standard InChI is InChI=1S/C24H29N5O/c1-27-13-15-28(16-14-27)10-4-5-17-30-22-8-11-29(12-9-22)24-21(19-25)18-20-6-2-3-7-23(20)26-24/h2-3,6-7,18,22H,8-17H2,1H3. The van der Waals surface area contributed by atoms with Crippen LogP contribution in [0.15, 0.2) is 30.3 Å². The van der Waals surface area contributed by atoms with Gasteiger partial charge in [0.1, 0.15) is 18.5 Å². The SMILES string of the molecule is CN1CCN(CC#CCOC2CCN(c3nc4ccccc4cc3C#N)CC2)CC1. The van der Waals surface area contributed by atoms with Gasteiger partial charge < -0.3 is 14.5 Å². The molecular weight excluding hydrogens is 374 g/mol. The van der Waals surface area contributed by atoms with Crippen LogP contribution in [0.25, 0.3) is 10.9 Å². The van der Waals surface area contributed by atoms with E-state index in [0.29, 0.717) is 12.2 Å². The molecule has 6 nitrogen and oxygen atoms in total. The maximum atomic E-state index is 9.57. The van der Waals surface area contributed by atoms with Crippen molar-refractivity contribution in [2.24, 2.45) is 0 Å². The number of para-hydroxylation sites is 1. The van der Waals surface area contributed by atoms with Gasteiger partial charge in [0.25, 0.3) is 0 Å². The van der Waals surface area contributed by atoms with E-state index in [1.165, 1.54) is 0 Å². The van der Waals surface area contributed by atoms with Crippen molar-refractivity contribution in [3.63, 3.8) is 0 Å². The fraction of sp³-hybridized carbons (Fsp3) is 0.500. The van der Waals surface area contributed by atoms with Crippen LogP contribution in [0, 0.1) is 23.2 Å². The first kappa shape index (κ1) is 20.6. The van der Waals surface area contributed by atoms with Crippen molar-refractivity contribution in [3.05, 3.63) is 35.9 Å². The zero-order valence-corrected chi connectivity index (χ0v) is 17.7. The highest BCUT2D eigenvalue weighted by molar-refractivity contribution is 5.83. The van der Waals surface area contributed by atoms with E-state index in [1.807, 2.05) is 30.3 Å². The molecule has 2 aromatic rings. The van der Waals surface area contributed by atoms with Crippen LogP contribution in [0.4, 0.5) is 5.82 Å². The summed E-state index contributed by atoms with van der Waals surface area (Å²) in [7, 11) is 2.17. The molecule has 0 N–H and O–H groups in total. The number of anilines is 1. The van der Waals surface area contributed by atoms with Gasteiger partial charge >= 0.3 is 0 Å². The largest absolute Gasteiger partial charge is 0.365 e. The molecule has 0 spiro atoms. The Morgan fingerprint density at radius 2 is 1.83 bits per heavy atom. The number of ether oxygens (including phenoxy) is 1. The molecule has 6 heteroatoms. The minimum atomic E-state index is 0.227. The van der Waals surface area contributed by atoms with Gasteiger partial charge in [0.2, 0.25) is 0 Å². The third-order valence-electron chi connectivity index (χ3n) is 5.98. The molecule has 2 fully saturated rings. The average Bonchev–Trinajstić information content (AvgIpc) is 2.79. The maximum absolute atomic E-state index is 9.57. The molecule has 2 saturated heterocycles. The van der Waals surface area contributed by atoms with E-state index in [0.717, 1.165) is 75.4 Å². The molecule has 0 unspecified atom stereocenters. The maximum Gasteiger partial charge on any atom is 0.147 e. The minimum Gasteiger partial charge on any atom is -0.365 e. The molecular formula is C24H29N5O. The second-order valence-corrected chi connectivity index (χ2v) is 8.09. The first-order valence-corrected chi connectivity index (χ1v) is 10.8. The summed E-state index contributed by atoms with van der Waals surface area (Å²) in [6.07, 6.45) is 2.09. The van der Waals surface area contributed by atoms with Crippen LogP contribution in [-0.2, 0) is 4.74 Å². The van der Waals surface area contributed by atoms with Gasteiger partial charge in [-0.25, -0.2) is 4.98 Å². The predicted octanol–water partition coefficient (Wildman–Crippen LogP) is 2.34. The zero-order valence-electron chi connectivity index (χ0n) is 17.7. The molecule has 30 heavy (non-hydrogen) atoms. The predicted molar refractivity (Wildman–Crippen MR) is 119 cm³/mol. The lowest BCUT2D eigenvalue weighted by atomic mass is 10.1. The third-order valence-corrected chi connectivity index (χ3v) is 5.98. The molecule has 4 rings (SSSR count). The van der Waals surface area contributed by atoms with Crippen LogP contribution in [0.1, 0.15) is 18.4 Å². The van der Waals surface area contributed by atoms with Gasteiger partial charge in [0.15, 0.2) is 0 Å². The number of nitriles is 1. The summed E-state index contributed by atoms with van der Waals surface area (Å²) in [5, 5.41) is 10.6. The summed E-state index contributed by atoms with van der Waals surface area (Å²) < 4.78 is 5.99. The van der Waals surface area contributed by atoms with E-state index in [9.17, 15) is 5.26 Å². The Morgan fingerprint density at radius 3 is 2.60 bits per heavy atom. The van der Waals surface area contributed by atoms with Gasteiger partial charge in [-0.1, -0.05) is 30.0 Å². The summed E-state index contributed by atoms with van der Waals surface area (Å²) in [6, 6.07) is 12.2. The first-order chi connectivity index (χ1) is 14.7. The molecule has 0 saturated carbocycles. The second-order valence-electron chi connectivity index (χ2n) is 8.09. The molecule has 0 amide bonds. The highest BCUT2D eigenvalue weighted by Gasteiger charge is 2.23. The van der Waals surface area contributed by atoms with E-state index in [1.54, 1.807) is 0 Å². The van der Waals surface area contributed by atoms with Crippen molar-refractivity contribution < 1.29 is 4.74 Å². The Morgan fingerprint density at radius 1 is 1.07 bits per heavy atom. The summed E-state index contributed by atoms with van der Waals surface area (Å²) in [5.41, 5.74) is 1.57. The van der Waals surface area contributed by atoms with Gasteiger partial charge in [0.05, 0.1) is 23.7 Å². The summed E-state index contributed by atoms with van der Waals surface area (Å²) in [6.45, 7) is 7.46. The normalized spacial score (nSPS) is 18.7. The van der Waals surface area contributed by atoms with Crippen LogP contribution in [-0.4, -0.2) is 80.4 Å². The number of hydrogen-bond acceptors (Lipinski definition) is 6. The lowest BCUT2D eigenvalue weighted by Gasteiger charge is -2.33. The van der Waals surface area contributed by atoms with Crippen molar-refractivity contribution in [3.8, 4) is 17.9 Å². The molecule has 3 heterocycles. The van der Waals surface area contributed by atoms with Gasteiger partial charge in [-0.3, -0.25) is 4.90 Å². The van der Waals surface area contributed by atoms with Crippen molar-refractivity contribution in [2.75, 3.05) is 64.4 Å². The van der Waals surface area contributed by atoms with Crippen LogP contribution < -0.4 is 4.90 Å². The van der Waals surface area contributed by atoms with Crippen LogP contribution in [0.5, 0.6) is 0 Å². The number of benzene rings is 1. The number of pyridine rings is 1. The van der Waals surface area contributed by atoms with Crippen LogP contribution >= 0.6 is 0 Å². The van der Waals surface area contributed by atoms with Crippen LogP contribution in [0.3, 0.4) is 0 Å². The molecule has 1 aromatic heterocycles. The molecule has 1 aromatic carbocycles. The lowest BCUT2D eigenvalue weighted by Crippen LogP contribution is -2.44. The van der Waals surface area contributed by atoms with Crippen molar-refractivity contribution in [2.45, 2.75) is 18.9 Å². The number of piperidine rings is 1. The van der Waals surface area contributed by atoms with Gasteiger partial charge in [-0.05, 0) is 32.0 Å². The average molecular weight is 404 g/mol. The fourth-order valence-corrected chi connectivity index (χ4v) is 4.05. The summed E-state index contributed by atoms with van der Waals surface area (Å²) in [4.78, 5) is 11.7. The molecule has 156 valence electrons. The Balaban J connectivity index is 1.25. The second kappa shape index (κ2) is 9.91. The van der Waals surface area contributed by atoms with E-state index in [-0.39, 0.29) is 6.10 Å². The van der Waals surface area contributed by atoms with E-state index in [4.69, 9.17) is 9.72 Å². The minimum absolute atomic E-state index is 0.227. The number of likely N-dealkylation sites (N-methyl/N-ethyl adjacent to an activating group) is 1. The smallest absolute Gasteiger partial charge is 0.147 e. The third kappa shape index (κ3) is 5.09. The zero-order chi connectivity index (χ0) is 20.8. The summed E-state index contributed by atoms with van der Waals surface area (Å²) >= 11 is 0. The van der Waals surface area contributed by atoms with Crippen molar-refractivity contribution >= 4 is 16.7 Å². The topological polar surface area (TPSA) is 55.6 Å². The molecule has 0 atom stereocenters. The Labute approximate surface area is 179 Å². The number of rotatable bonds is 4. The number of aromatic nitrogens is 1. The molecule has 2 aliphatic rings. The Kier molecular flexibility index (Phi) is 6.81. The number of nitrogens with zero attached hydrogens (tertiary/aromatic N) is 5. The Bertz CT molecular complexity index is 957. The van der Waals surface area contributed by atoms with E-state index in [2.05, 4.69) is 39.7 Å². The number of fused-ring (bicyclic) bond motifs is 1. The molecule has 2 aliphatic heterocycles. The van der Waals surface area contributed by atoms with Gasteiger partial charge in [-0.2, -0.15) is 5.26 Å². The first-order valence-electron chi connectivity index (χ1n) is 10.8. The Hall–Kier alpha value is -2.64. The van der Waals surface area contributed by atoms with Gasteiger partial charge in [0, 0.05) is 44.7 Å². The van der Waals surface area contributed by atoms with E-state index < -0.39 is 0 Å². The molecule has 0 aliphatic carbocycles. The summed E-state index contributed by atoms with van der Waals surface area (Å²) in [5.74, 6) is 7.22.